The first kappa shape index (κ1) is 11.8. The van der Waals surface area contributed by atoms with Crippen LogP contribution in [0.1, 0.15) is 22.4 Å². The number of hydrogen-bond donors (Lipinski definition) is 0. The van der Waals surface area contributed by atoms with Crippen molar-refractivity contribution in [3.05, 3.63) is 56.7 Å². The highest BCUT2D eigenvalue weighted by Crippen LogP contribution is 2.42. The summed E-state index contributed by atoms with van der Waals surface area (Å²) in [5.74, 6) is 0. The van der Waals surface area contributed by atoms with Gasteiger partial charge in [0.05, 0.1) is 15.8 Å². The molecule has 1 aromatic carbocycles. The van der Waals surface area contributed by atoms with Gasteiger partial charge < -0.3 is 0 Å². The average molecular weight is 274 g/mol. The van der Waals surface area contributed by atoms with Gasteiger partial charge in [0, 0.05) is 11.3 Å². The number of thiophene rings is 1. The van der Waals surface area contributed by atoms with Crippen molar-refractivity contribution in [2.75, 3.05) is 0 Å². The summed E-state index contributed by atoms with van der Waals surface area (Å²) in [5.41, 5.74) is 2.17. The van der Waals surface area contributed by atoms with E-state index in [0.717, 1.165) is 23.6 Å². The Kier molecular flexibility index (Phi) is 2.89. The van der Waals surface area contributed by atoms with Gasteiger partial charge in [-0.15, -0.1) is 11.3 Å². The Hall–Kier alpha value is -1.30. The topological polar surface area (TPSA) is 23.8 Å². The van der Waals surface area contributed by atoms with Crippen molar-refractivity contribution in [2.45, 2.75) is 24.7 Å². The van der Waals surface area contributed by atoms with E-state index in [9.17, 15) is 5.26 Å². The molecule has 3 heteroatoms. The second-order valence-corrected chi connectivity index (χ2v) is 6.53. The Balaban J connectivity index is 2.00. The maximum atomic E-state index is 9.65. The summed E-state index contributed by atoms with van der Waals surface area (Å²) in [6.07, 6.45) is 2.69. The van der Waals surface area contributed by atoms with Crippen molar-refractivity contribution >= 4 is 22.9 Å². The number of nitriles is 1. The van der Waals surface area contributed by atoms with Gasteiger partial charge in [-0.1, -0.05) is 35.9 Å². The molecule has 1 aliphatic carbocycles. The Bertz CT molecular complexity index is 625. The Morgan fingerprint density at radius 1 is 1.28 bits per heavy atom. The molecule has 1 atom stereocenters. The molecule has 2 aromatic rings. The fraction of sp³-hybridized carbons (Fsp3) is 0.267. The molecule has 0 N–H and O–H groups in total. The maximum absolute atomic E-state index is 9.65. The molecule has 3 rings (SSSR count). The molecule has 0 aliphatic heterocycles. The fourth-order valence-corrected chi connectivity index (χ4v) is 3.97. The van der Waals surface area contributed by atoms with E-state index in [1.165, 1.54) is 16.0 Å². The van der Waals surface area contributed by atoms with Gasteiger partial charge in [0.2, 0.25) is 0 Å². The smallest absolute Gasteiger partial charge is 0.0931 e. The van der Waals surface area contributed by atoms with Crippen molar-refractivity contribution < 1.29 is 0 Å². The second-order valence-electron chi connectivity index (χ2n) is 4.73. The number of nitrogens with zero attached hydrogens (tertiary/aromatic N) is 1. The summed E-state index contributed by atoms with van der Waals surface area (Å²) in [6, 6.07) is 14.8. The molecule has 0 fully saturated rings. The third kappa shape index (κ3) is 1.84. The molecule has 1 heterocycles. The first-order chi connectivity index (χ1) is 8.73. The van der Waals surface area contributed by atoms with Crippen LogP contribution in [-0.4, -0.2) is 0 Å². The summed E-state index contributed by atoms with van der Waals surface area (Å²) >= 11 is 7.55. The normalized spacial score (nSPS) is 21.6. The number of aryl methyl sites for hydroxylation is 1. The summed E-state index contributed by atoms with van der Waals surface area (Å²) in [5, 5.41) is 9.65. The number of fused-ring (bicyclic) bond motifs is 1. The lowest BCUT2D eigenvalue weighted by atomic mass is 9.80. The molecule has 0 saturated carbocycles. The van der Waals surface area contributed by atoms with Crippen LogP contribution in [-0.2, 0) is 18.3 Å². The van der Waals surface area contributed by atoms with E-state index >= 15 is 0 Å². The molecule has 0 amide bonds. The van der Waals surface area contributed by atoms with Crippen LogP contribution in [0.4, 0.5) is 0 Å². The van der Waals surface area contributed by atoms with Crippen molar-refractivity contribution in [1.29, 1.82) is 5.26 Å². The van der Waals surface area contributed by atoms with Gasteiger partial charge in [0.15, 0.2) is 0 Å². The van der Waals surface area contributed by atoms with Crippen LogP contribution >= 0.6 is 22.9 Å². The highest BCUT2D eigenvalue weighted by Gasteiger charge is 2.39. The zero-order valence-electron chi connectivity index (χ0n) is 9.82. The van der Waals surface area contributed by atoms with Crippen LogP contribution in [0.5, 0.6) is 0 Å². The van der Waals surface area contributed by atoms with Gasteiger partial charge in [0.25, 0.3) is 0 Å². The fourth-order valence-electron chi connectivity index (χ4n) is 2.77. The van der Waals surface area contributed by atoms with Crippen LogP contribution in [0.25, 0.3) is 0 Å². The molecule has 0 saturated heterocycles. The number of benzene rings is 1. The van der Waals surface area contributed by atoms with Crippen LogP contribution < -0.4 is 0 Å². The number of hydrogen-bond acceptors (Lipinski definition) is 2. The zero-order chi connectivity index (χ0) is 12.6. The summed E-state index contributed by atoms with van der Waals surface area (Å²) in [7, 11) is 0. The number of rotatable bonds is 2. The van der Waals surface area contributed by atoms with E-state index in [0.29, 0.717) is 0 Å². The lowest BCUT2D eigenvalue weighted by Gasteiger charge is -2.21. The molecule has 1 nitrogen and oxygen atoms in total. The first-order valence-corrected chi connectivity index (χ1v) is 7.17. The standard InChI is InChI=1S/C15H12ClNS/c16-14-6-5-12(18-14)9-15(10-17)8-7-11-3-1-2-4-13(11)15/h1-6H,7-9H2. The Labute approximate surface area is 116 Å². The minimum Gasteiger partial charge on any atom is -0.197 e. The van der Waals surface area contributed by atoms with Crippen LogP contribution in [0.2, 0.25) is 4.34 Å². The van der Waals surface area contributed by atoms with Crippen molar-refractivity contribution in [2.24, 2.45) is 0 Å². The monoisotopic (exact) mass is 273 g/mol. The molecule has 18 heavy (non-hydrogen) atoms. The van der Waals surface area contributed by atoms with Gasteiger partial charge >= 0.3 is 0 Å². The van der Waals surface area contributed by atoms with Gasteiger partial charge in [-0.3, -0.25) is 0 Å². The summed E-state index contributed by atoms with van der Waals surface area (Å²) < 4.78 is 0.796. The third-order valence-electron chi connectivity index (χ3n) is 3.67. The van der Waals surface area contributed by atoms with Crippen LogP contribution in [0.3, 0.4) is 0 Å². The molecule has 90 valence electrons. The Morgan fingerprint density at radius 3 is 2.83 bits per heavy atom. The predicted octanol–water partition coefficient (Wildman–Crippen LogP) is 4.35. The first-order valence-electron chi connectivity index (χ1n) is 5.97. The number of halogens is 1. The second kappa shape index (κ2) is 4.42. The molecule has 1 aliphatic rings. The van der Waals surface area contributed by atoms with Crippen molar-refractivity contribution in [3.8, 4) is 6.07 Å². The van der Waals surface area contributed by atoms with Gasteiger partial charge in [-0.2, -0.15) is 5.26 Å². The lowest BCUT2D eigenvalue weighted by Crippen LogP contribution is -2.23. The Morgan fingerprint density at radius 2 is 2.11 bits per heavy atom. The van der Waals surface area contributed by atoms with Crippen LogP contribution in [0.15, 0.2) is 36.4 Å². The van der Waals surface area contributed by atoms with Gasteiger partial charge in [-0.05, 0) is 36.1 Å². The molecule has 0 bridgehead atoms. The molecule has 0 radical (unpaired) electrons. The average Bonchev–Trinajstić information content (AvgIpc) is 2.96. The largest absolute Gasteiger partial charge is 0.197 e. The maximum Gasteiger partial charge on any atom is 0.0931 e. The summed E-state index contributed by atoms with van der Waals surface area (Å²) in [6.45, 7) is 0. The van der Waals surface area contributed by atoms with E-state index in [-0.39, 0.29) is 5.41 Å². The molecule has 1 unspecified atom stereocenters. The van der Waals surface area contributed by atoms with E-state index in [2.05, 4.69) is 18.2 Å². The van der Waals surface area contributed by atoms with Crippen molar-refractivity contribution in [3.63, 3.8) is 0 Å². The van der Waals surface area contributed by atoms with E-state index in [1.54, 1.807) is 11.3 Å². The molecule has 1 aromatic heterocycles. The molecular weight excluding hydrogens is 262 g/mol. The van der Waals surface area contributed by atoms with Crippen LogP contribution in [0, 0.1) is 11.3 Å². The highest BCUT2D eigenvalue weighted by atomic mass is 35.5. The van der Waals surface area contributed by atoms with Crippen molar-refractivity contribution in [1.82, 2.24) is 0 Å². The SMILES string of the molecule is N#CC1(Cc2ccc(Cl)s2)CCc2ccccc21. The quantitative estimate of drug-likeness (QED) is 0.798. The van der Waals surface area contributed by atoms with Gasteiger partial charge in [-0.25, -0.2) is 0 Å². The highest BCUT2D eigenvalue weighted by molar-refractivity contribution is 7.16. The minimum atomic E-state index is -0.356. The lowest BCUT2D eigenvalue weighted by molar-refractivity contribution is 0.545. The molecular formula is C15H12ClNS. The zero-order valence-corrected chi connectivity index (χ0v) is 11.4. The third-order valence-corrected chi connectivity index (χ3v) is 4.90. The van der Waals surface area contributed by atoms with E-state index < -0.39 is 0 Å². The van der Waals surface area contributed by atoms with E-state index in [4.69, 9.17) is 11.6 Å². The predicted molar refractivity (Wildman–Crippen MR) is 75.1 cm³/mol. The summed E-state index contributed by atoms with van der Waals surface area (Å²) in [4.78, 5) is 1.19. The van der Waals surface area contributed by atoms with E-state index in [1.807, 2.05) is 24.3 Å². The minimum absolute atomic E-state index is 0.356. The molecule has 0 spiro atoms. The van der Waals surface area contributed by atoms with Gasteiger partial charge in [0.1, 0.15) is 0 Å².